The van der Waals surface area contributed by atoms with Crippen molar-refractivity contribution in [2.45, 2.75) is 13.3 Å². The van der Waals surface area contributed by atoms with Crippen LogP contribution in [0.4, 0.5) is 5.69 Å². The number of aryl methyl sites for hydroxylation is 1. The van der Waals surface area contributed by atoms with Gasteiger partial charge in [-0.2, -0.15) is 0 Å². The summed E-state index contributed by atoms with van der Waals surface area (Å²) in [6.45, 7) is 2.11. The zero-order valence-electron chi connectivity index (χ0n) is 16.4. The maximum absolute atomic E-state index is 13.0. The molecule has 5 nitrogen and oxygen atoms in total. The quantitative estimate of drug-likeness (QED) is 0.472. The highest BCUT2D eigenvalue weighted by Crippen LogP contribution is 2.26. The predicted octanol–water partition coefficient (Wildman–Crippen LogP) is 5.41. The molecular formula is C25H20N2O3. The number of amides is 1. The van der Waals surface area contributed by atoms with E-state index in [2.05, 4.69) is 29.4 Å². The van der Waals surface area contributed by atoms with Crippen LogP contribution in [0.5, 0.6) is 0 Å². The molecule has 0 unspecified atom stereocenters. The Morgan fingerprint density at radius 2 is 1.73 bits per heavy atom. The first-order chi connectivity index (χ1) is 14.5. The third-order valence-electron chi connectivity index (χ3n) is 5.03. The van der Waals surface area contributed by atoms with Crippen molar-refractivity contribution in [2.75, 3.05) is 5.32 Å². The average molecular weight is 396 g/mol. The molecule has 0 fully saturated rings. The van der Waals surface area contributed by atoms with Gasteiger partial charge < -0.3 is 10.4 Å². The first kappa shape index (κ1) is 19.3. The largest absolute Gasteiger partial charge is 0.478 e. The summed E-state index contributed by atoms with van der Waals surface area (Å²) >= 11 is 0. The van der Waals surface area contributed by atoms with Crippen molar-refractivity contribution in [1.29, 1.82) is 0 Å². The van der Waals surface area contributed by atoms with Crippen molar-refractivity contribution in [3.8, 4) is 11.1 Å². The zero-order valence-corrected chi connectivity index (χ0v) is 16.4. The first-order valence-electron chi connectivity index (χ1n) is 9.68. The molecule has 4 rings (SSSR count). The van der Waals surface area contributed by atoms with Crippen LogP contribution in [0.1, 0.15) is 33.2 Å². The van der Waals surface area contributed by atoms with Gasteiger partial charge >= 0.3 is 5.97 Å². The number of fused-ring (bicyclic) bond motifs is 1. The van der Waals surface area contributed by atoms with Gasteiger partial charge in [0.15, 0.2) is 0 Å². The van der Waals surface area contributed by atoms with Gasteiger partial charge in [-0.1, -0.05) is 55.5 Å². The van der Waals surface area contributed by atoms with Gasteiger partial charge in [-0.05, 0) is 47.4 Å². The molecule has 2 N–H and O–H groups in total. The monoisotopic (exact) mass is 396 g/mol. The molecule has 0 radical (unpaired) electrons. The van der Waals surface area contributed by atoms with Crippen molar-refractivity contribution < 1.29 is 14.7 Å². The molecule has 148 valence electrons. The Labute approximate surface area is 174 Å². The van der Waals surface area contributed by atoms with Gasteiger partial charge in [-0.25, -0.2) is 4.79 Å². The fourth-order valence-corrected chi connectivity index (χ4v) is 3.37. The molecule has 0 aliphatic heterocycles. The molecule has 0 atom stereocenters. The van der Waals surface area contributed by atoms with Crippen LogP contribution in [0.3, 0.4) is 0 Å². The molecule has 0 saturated carbocycles. The van der Waals surface area contributed by atoms with Crippen LogP contribution < -0.4 is 5.32 Å². The molecule has 30 heavy (non-hydrogen) atoms. The molecule has 1 heterocycles. The Hall–Kier alpha value is -3.99. The molecular weight excluding hydrogens is 376 g/mol. The van der Waals surface area contributed by atoms with E-state index in [1.807, 2.05) is 30.3 Å². The lowest BCUT2D eigenvalue weighted by Crippen LogP contribution is -2.13. The van der Waals surface area contributed by atoms with Gasteiger partial charge in [0.2, 0.25) is 0 Å². The Kier molecular flexibility index (Phi) is 5.26. The lowest BCUT2D eigenvalue weighted by Gasteiger charge is -2.11. The van der Waals surface area contributed by atoms with E-state index in [9.17, 15) is 9.59 Å². The van der Waals surface area contributed by atoms with Gasteiger partial charge in [0.25, 0.3) is 5.91 Å². The Bertz CT molecular complexity index is 1250. The third kappa shape index (κ3) is 3.91. The molecule has 0 aliphatic carbocycles. The number of carboxylic acid groups (broad SMARTS) is 1. The summed E-state index contributed by atoms with van der Waals surface area (Å²) in [5.74, 6) is -1.24. The van der Waals surface area contributed by atoms with E-state index >= 15 is 0 Å². The fraction of sp³-hybridized carbons (Fsp3) is 0.0800. The third-order valence-corrected chi connectivity index (χ3v) is 5.03. The summed E-state index contributed by atoms with van der Waals surface area (Å²) in [7, 11) is 0. The molecule has 3 aromatic carbocycles. The normalized spacial score (nSPS) is 10.7. The van der Waals surface area contributed by atoms with E-state index in [0.29, 0.717) is 22.2 Å². The highest BCUT2D eigenvalue weighted by atomic mass is 16.4. The molecule has 0 saturated heterocycles. The maximum atomic E-state index is 13.0. The standard InChI is InChI=1S/C25H20N2O3/c1-2-16-7-9-17(10-8-16)21-5-3-4-6-22(21)24(28)27-20-12-11-18-13-19(25(29)30)15-26-23(18)14-20/h3-15H,2H2,1H3,(H,27,28)(H,29,30). The molecule has 1 amide bonds. The summed E-state index contributed by atoms with van der Waals surface area (Å²) in [4.78, 5) is 28.3. The van der Waals surface area contributed by atoms with Crippen molar-refractivity contribution in [3.05, 3.63) is 95.7 Å². The van der Waals surface area contributed by atoms with Crippen LogP contribution >= 0.6 is 0 Å². The Morgan fingerprint density at radius 3 is 2.47 bits per heavy atom. The molecule has 5 heteroatoms. The van der Waals surface area contributed by atoms with Gasteiger partial charge in [0, 0.05) is 22.8 Å². The van der Waals surface area contributed by atoms with E-state index in [1.54, 1.807) is 30.3 Å². The van der Waals surface area contributed by atoms with Gasteiger partial charge in [0.05, 0.1) is 11.1 Å². The predicted molar refractivity (Wildman–Crippen MR) is 118 cm³/mol. The van der Waals surface area contributed by atoms with E-state index in [-0.39, 0.29) is 11.5 Å². The van der Waals surface area contributed by atoms with Crippen LogP contribution in [0.15, 0.2) is 79.0 Å². The second-order valence-electron chi connectivity index (χ2n) is 6.99. The number of benzene rings is 3. The number of hydrogen-bond acceptors (Lipinski definition) is 3. The number of carbonyl (C=O) groups is 2. The minimum absolute atomic E-state index is 0.127. The van der Waals surface area contributed by atoms with E-state index in [0.717, 1.165) is 17.5 Å². The number of pyridine rings is 1. The summed E-state index contributed by atoms with van der Waals surface area (Å²) < 4.78 is 0. The van der Waals surface area contributed by atoms with Crippen LogP contribution in [-0.2, 0) is 6.42 Å². The highest BCUT2D eigenvalue weighted by Gasteiger charge is 2.13. The van der Waals surface area contributed by atoms with E-state index in [4.69, 9.17) is 5.11 Å². The lowest BCUT2D eigenvalue weighted by molar-refractivity contribution is 0.0696. The van der Waals surface area contributed by atoms with Crippen molar-refractivity contribution >= 4 is 28.5 Å². The zero-order chi connectivity index (χ0) is 21.1. The Morgan fingerprint density at radius 1 is 0.967 bits per heavy atom. The van der Waals surface area contributed by atoms with Gasteiger partial charge in [-0.15, -0.1) is 0 Å². The number of aromatic nitrogens is 1. The topological polar surface area (TPSA) is 79.3 Å². The minimum Gasteiger partial charge on any atom is -0.478 e. The SMILES string of the molecule is CCc1ccc(-c2ccccc2C(=O)Nc2ccc3cc(C(=O)O)cnc3c2)cc1. The molecule has 0 aliphatic rings. The number of rotatable bonds is 5. The Balaban J connectivity index is 1.62. The number of carboxylic acids is 1. The van der Waals surface area contributed by atoms with Gasteiger partial charge in [0.1, 0.15) is 0 Å². The maximum Gasteiger partial charge on any atom is 0.337 e. The van der Waals surface area contributed by atoms with Crippen molar-refractivity contribution in [2.24, 2.45) is 0 Å². The van der Waals surface area contributed by atoms with Crippen LogP contribution in [0.25, 0.3) is 22.0 Å². The second kappa shape index (κ2) is 8.17. The number of hydrogen-bond donors (Lipinski definition) is 2. The number of anilines is 1. The summed E-state index contributed by atoms with van der Waals surface area (Å²) in [6, 6.07) is 22.5. The second-order valence-corrected chi connectivity index (χ2v) is 6.99. The van der Waals surface area contributed by atoms with Crippen molar-refractivity contribution in [3.63, 3.8) is 0 Å². The van der Waals surface area contributed by atoms with Crippen LogP contribution in [0.2, 0.25) is 0 Å². The lowest BCUT2D eigenvalue weighted by atomic mass is 9.97. The highest BCUT2D eigenvalue weighted by molar-refractivity contribution is 6.09. The number of carbonyl (C=O) groups excluding carboxylic acids is 1. The van der Waals surface area contributed by atoms with E-state index < -0.39 is 5.97 Å². The molecule has 1 aromatic heterocycles. The number of nitrogens with zero attached hydrogens (tertiary/aromatic N) is 1. The molecule has 0 bridgehead atoms. The van der Waals surface area contributed by atoms with Gasteiger partial charge in [-0.3, -0.25) is 9.78 Å². The average Bonchev–Trinajstić information content (AvgIpc) is 2.78. The molecule has 4 aromatic rings. The summed E-state index contributed by atoms with van der Waals surface area (Å²) in [5, 5.41) is 12.7. The minimum atomic E-state index is -1.02. The summed E-state index contributed by atoms with van der Waals surface area (Å²) in [5.41, 5.74) is 5.01. The number of nitrogens with one attached hydrogen (secondary N) is 1. The fourth-order valence-electron chi connectivity index (χ4n) is 3.37. The van der Waals surface area contributed by atoms with Crippen LogP contribution in [0, 0.1) is 0 Å². The summed E-state index contributed by atoms with van der Waals surface area (Å²) in [6.07, 6.45) is 2.28. The number of aromatic carboxylic acids is 1. The van der Waals surface area contributed by atoms with E-state index in [1.165, 1.54) is 11.8 Å². The van der Waals surface area contributed by atoms with Crippen molar-refractivity contribution in [1.82, 2.24) is 4.98 Å². The molecule has 0 spiro atoms. The van der Waals surface area contributed by atoms with Crippen LogP contribution in [-0.4, -0.2) is 22.0 Å². The first-order valence-corrected chi connectivity index (χ1v) is 9.68. The smallest absolute Gasteiger partial charge is 0.337 e.